The Balaban J connectivity index is 1.65. The lowest BCUT2D eigenvalue weighted by molar-refractivity contribution is 0.170. The van der Waals surface area contributed by atoms with E-state index in [0.29, 0.717) is 0 Å². The molecule has 2 heterocycles. The van der Waals surface area contributed by atoms with E-state index < -0.39 is 0 Å². The fourth-order valence-electron chi connectivity index (χ4n) is 3.14. The van der Waals surface area contributed by atoms with E-state index in [4.69, 9.17) is 6.42 Å². The summed E-state index contributed by atoms with van der Waals surface area (Å²) in [5.41, 5.74) is 0. The monoisotopic (exact) mass is 249 g/mol. The van der Waals surface area contributed by atoms with Crippen LogP contribution in [0.1, 0.15) is 32.6 Å². The van der Waals surface area contributed by atoms with Crippen molar-refractivity contribution >= 4 is 0 Å². The van der Waals surface area contributed by atoms with Crippen LogP contribution < -0.4 is 5.32 Å². The molecule has 0 saturated carbocycles. The Hall–Kier alpha value is -0.560. The molecule has 0 amide bonds. The molecule has 3 heteroatoms. The van der Waals surface area contributed by atoms with Gasteiger partial charge in [0.15, 0.2) is 0 Å². The zero-order valence-corrected chi connectivity index (χ0v) is 11.7. The second kappa shape index (κ2) is 7.13. The largest absolute Gasteiger partial charge is 0.311 e. The van der Waals surface area contributed by atoms with Crippen LogP contribution in [0.25, 0.3) is 0 Å². The van der Waals surface area contributed by atoms with Gasteiger partial charge in [0.2, 0.25) is 0 Å². The Kier molecular flexibility index (Phi) is 5.49. The second-order valence-corrected chi connectivity index (χ2v) is 5.63. The third-order valence-electron chi connectivity index (χ3n) is 4.41. The van der Waals surface area contributed by atoms with Gasteiger partial charge in [-0.1, -0.05) is 12.8 Å². The SMILES string of the molecule is C#CCN1CCC(NC2CCN(CC)CC2)CC1. The van der Waals surface area contributed by atoms with Crippen LogP contribution in [0.15, 0.2) is 0 Å². The highest BCUT2D eigenvalue weighted by Gasteiger charge is 2.23. The maximum absolute atomic E-state index is 5.36. The molecule has 0 aromatic rings. The number of nitrogens with one attached hydrogen (secondary N) is 1. The van der Waals surface area contributed by atoms with E-state index >= 15 is 0 Å². The molecule has 0 atom stereocenters. The highest BCUT2D eigenvalue weighted by atomic mass is 15.2. The normalized spacial score (nSPS) is 25.1. The van der Waals surface area contributed by atoms with Gasteiger partial charge in [-0.2, -0.15) is 0 Å². The smallest absolute Gasteiger partial charge is 0.0598 e. The van der Waals surface area contributed by atoms with E-state index in [1.165, 1.54) is 45.3 Å². The molecule has 0 radical (unpaired) electrons. The Labute approximate surface area is 112 Å². The van der Waals surface area contributed by atoms with Crippen molar-refractivity contribution in [2.45, 2.75) is 44.7 Å². The molecule has 3 nitrogen and oxygen atoms in total. The zero-order chi connectivity index (χ0) is 12.8. The zero-order valence-electron chi connectivity index (χ0n) is 11.7. The van der Waals surface area contributed by atoms with Gasteiger partial charge >= 0.3 is 0 Å². The number of hydrogen-bond donors (Lipinski definition) is 1. The highest BCUT2D eigenvalue weighted by Crippen LogP contribution is 2.15. The number of hydrogen-bond acceptors (Lipinski definition) is 3. The highest BCUT2D eigenvalue weighted by molar-refractivity contribution is 4.91. The van der Waals surface area contributed by atoms with Crippen LogP contribution in [-0.4, -0.2) is 61.2 Å². The van der Waals surface area contributed by atoms with E-state index in [1.807, 2.05) is 0 Å². The fourth-order valence-corrected chi connectivity index (χ4v) is 3.14. The Morgan fingerprint density at radius 3 is 1.94 bits per heavy atom. The van der Waals surface area contributed by atoms with Crippen LogP contribution in [0, 0.1) is 12.3 Å². The van der Waals surface area contributed by atoms with Crippen molar-refractivity contribution in [3.63, 3.8) is 0 Å². The van der Waals surface area contributed by atoms with E-state index in [9.17, 15) is 0 Å². The molecule has 2 aliphatic rings. The number of piperidine rings is 2. The summed E-state index contributed by atoms with van der Waals surface area (Å²) in [5.74, 6) is 2.74. The third-order valence-corrected chi connectivity index (χ3v) is 4.41. The summed E-state index contributed by atoms with van der Waals surface area (Å²) < 4.78 is 0. The van der Waals surface area contributed by atoms with Gasteiger partial charge < -0.3 is 10.2 Å². The molecule has 18 heavy (non-hydrogen) atoms. The van der Waals surface area contributed by atoms with Crippen molar-refractivity contribution in [1.82, 2.24) is 15.1 Å². The minimum absolute atomic E-state index is 0.720. The lowest BCUT2D eigenvalue weighted by atomic mass is 9.99. The van der Waals surface area contributed by atoms with Crippen molar-refractivity contribution in [1.29, 1.82) is 0 Å². The number of rotatable bonds is 4. The first-order valence-electron chi connectivity index (χ1n) is 7.46. The van der Waals surface area contributed by atoms with Gasteiger partial charge in [0.25, 0.3) is 0 Å². The molecule has 0 bridgehead atoms. The van der Waals surface area contributed by atoms with Gasteiger partial charge in [-0.15, -0.1) is 6.42 Å². The molecule has 1 N–H and O–H groups in total. The fraction of sp³-hybridized carbons (Fsp3) is 0.867. The molecule has 0 aliphatic carbocycles. The lowest BCUT2D eigenvalue weighted by Crippen LogP contribution is -2.49. The van der Waals surface area contributed by atoms with E-state index in [0.717, 1.165) is 31.7 Å². The van der Waals surface area contributed by atoms with Crippen LogP contribution in [0.2, 0.25) is 0 Å². The summed E-state index contributed by atoms with van der Waals surface area (Å²) in [4.78, 5) is 4.94. The molecule has 2 saturated heterocycles. The molecule has 2 fully saturated rings. The summed E-state index contributed by atoms with van der Waals surface area (Å²) in [6.45, 7) is 9.15. The van der Waals surface area contributed by atoms with E-state index in [1.54, 1.807) is 0 Å². The average molecular weight is 249 g/mol. The molecule has 2 rings (SSSR count). The molecule has 0 aromatic heterocycles. The van der Waals surface area contributed by atoms with Gasteiger partial charge in [0.05, 0.1) is 6.54 Å². The van der Waals surface area contributed by atoms with Gasteiger partial charge in [-0.05, 0) is 45.3 Å². The predicted octanol–water partition coefficient (Wildman–Crippen LogP) is 1.16. The first-order chi connectivity index (χ1) is 8.81. The van der Waals surface area contributed by atoms with Gasteiger partial charge in [-0.3, -0.25) is 4.90 Å². The average Bonchev–Trinajstić information content (AvgIpc) is 2.42. The van der Waals surface area contributed by atoms with Gasteiger partial charge in [0, 0.05) is 25.2 Å². The third kappa shape index (κ3) is 3.98. The maximum atomic E-state index is 5.36. The first-order valence-corrected chi connectivity index (χ1v) is 7.46. The van der Waals surface area contributed by atoms with Crippen molar-refractivity contribution in [2.24, 2.45) is 0 Å². The van der Waals surface area contributed by atoms with Gasteiger partial charge in [0.1, 0.15) is 0 Å². The second-order valence-electron chi connectivity index (χ2n) is 5.63. The lowest BCUT2D eigenvalue weighted by Gasteiger charge is -2.37. The molecular formula is C15H27N3. The predicted molar refractivity (Wildman–Crippen MR) is 76.6 cm³/mol. The summed E-state index contributed by atoms with van der Waals surface area (Å²) in [7, 11) is 0. The number of nitrogens with zero attached hydrogens (tertiary/aromatic N) is 2. The van der Waals surface area contributed by atoms with Crippen LogP contribution >= 0.6 is 0 Å². The first kappa shape index (κ1) is 13.9. The molecular weight excluding hydrogens is 222 g/mol. The quantitative estimate of drug-likeness (QED) is 0.754. The number of likely N-dealkylation sites (tertiary alicyclic amines) is 2. The van der Waals surface area contributed by atoms with Gasteiger partial charge in [-0.25, -0.2) is 0 Å². The summed E-state index contributed by atoms with van der Waals surface area (Å²) in [5, 5.41) is 3.86. The Morgan fingerprint density at radius 2 is 1.50 bits per heavy atom. The molecule has 2 aliphatic heterocycles. The number of terminal acetylenes is 1. The van der Waals surface area contributed by atoms with E-state index in [2.05, 4.69) is 28.0 Å². The van der Waals surface area contributed by atoms with E-state index in [-0.39, 0.29) is 0 Å². The van der Waals surface area contributed by atoms with Crippen molar-refractivity contribution in [3.8, 4) is 12.3 Å². The summed E-state index contributed by atoms with van der Waals surface area (Å²) in [6, 6.07) is 1.47. The molecule has 0 aromatic carbocycles. The van der Waals surface area contributed by atoms with Crippen LogP contribution in [0.3, 0.4) is 0 Å². The van der Waals surface area contributed by atoms with Crippen molar-refractivity contribution in [2.75, 3.05) is 39.3 Å². The van der Waals surface area contributed by atoms with Crippen molar-refractivity contribution in [3.05, 3.63) is 0 Å². The van der Waals surface area contributed by atoms with Crippen LogP contribution in [-0.2, 0) is 0 Å². The topological polar surface area (TPSA) is 18.5 Å². The minimum Gasteiger partial charge on any atom is -0.311 e. The van der Waals surface area contributed by atoms with Crippen LogP contribution in [0.5, 0.6) is 0 Å². The molecule has 0 spiro atoms. The Morgan fingerprint density at radius 1 is 1.00 bits per heavy atom. The van der Waals surface area contributed by atoms with Crippen molar-refractivity contribution < 1.29 is 0 Å². The molecule has 0 unspecified atom stereocenters. The minimum atomic E-state index is 0.720. The molecule has 102 valence electrons. The standard InChI is InChI=1S/C15H27N3/c1-3-9-18-12-7-15(8-13-18)16-14-5-10-17(4-2)11-6-14/h1,14-16H,4-13H2,2H3. The van der Waals surface area contributed by atoms with Crippen LogP contribution in [0.4, 0.5) is 0 Å². The summed E-state index contributed by atoms with van der Waals surface area (Å²) in [6.07, 6.45) is 10.5. The maximum Gasteiger partial charge on any atom is 0.0598 e. The Bertz CT molecular complexity index is 268. The summed E-state index contributed by atoms with van der Waals surface area (Å²) >= 11 is 0.